The first-order chi connectivity index (χ1) is 16.7. The standard InChI is InChI=1S/C25H24BCl2N3O4/c1-5-33-24(32)16-10-15(26-34-12-25(3,4)13-35-26)11-20-22(16)30-14(2)31(20)19-8-9-29-23-18(28)7-6-17(27)21(19)23/h6-11H,5,12-13H2,1-4H3. The van der Waals surface area contributed by atoms with E-state index in [1.54, 1.807) is 31.3 Å². The summed E-state index contributed by atoms with van der Waals surface area (Å²) in [4.78, 5) is 22.1. The van der Waals surface area contributed by atoms with E-state index in [9.17, 15) is 4.79 Å². The zero-order chi connectivity index (χ0) is 24.9. The van der Waals surface area contributed by atoms with Gasteiger partial charge in [-0.3, -0.25) is 9.55 Å². The number of pyridine rings is 1. The molecular weight excluding hydrogens is 488 g/mol. The van der Waals surface area contributed by atoms with Gasteiger partial charge in [-0.25, -0.2) is 9.78 Å². The molecule has 3 heterocycles. The minimum Gasteiger partial charge on any atom is -0.462 e. The smallest absolute Gasteiger partial charge is 0.462 e. The molecule has 0 aliphatic carbocycles. The lowest BCUT2D eigenvalue weighted by atomic mass is 9.75. The minimum absolute atomic E-state index is 0.0884. The van der Waals surface area contributed by atoms with E-state index in [4.69, 9.17) is 42.2 Å². The molecule has 1 saturated heterocycles. The van der Waals surface area contributed by atoms with Gasteiger partial charge in [0.2, 0.25) is 0 Å². The molecule has 4 aromatic rings. The first-order valence-corrected chi connectivity index (χ1v) is 12.1. The van der Waals surface area contributed by atoms with Crippen LogP contribution < -0.4 is 5.46 Å². The Bertz CT molecular complexity index is 1460. The number of carbonyl (C=O) groups excluding carboxylic acids is 1. The highest BCUT2D eigenvalue weighted by Crippen LogP contribution is 2.35. The number of rotatable bonds is 4. The monoisotopic (exact) mass is 511 g/mol. The number of hydrogen-bond donors (Lipinski definition) is 0. The third-order valence-electron chi connectivity index (χ3n) is 5.98. The first kappa shape index (κ1) is 24.1. The van der Waals surface area contributed by atoms with Gasteiger partial charge in [-0.15, -0.1) is 0 Å². The normalized spacial score (nSPS) is 15.7. The Labute approximate surface area is 213 Å². The summed E-state index contributed by atoms with van der Waals surface area (Å²) in [5.74, 6) is 0.207. The predicted molar refractivity (Wildman–Crippen MR) is 138 cm³/mol. The molecule has 0 saturated carbocycles. The van der Waals surface area contributed by atoms with Crippen molar-refractivity contribution in [1.29, 1.82) is 0 Å². The van der Waals surface area contributed by atoms with Crippen molar-refractivity contribution in [3.63, 3.8) is 0 Å². The number of hydrogen-bond acceptors (Lipinski definition) is 6. The number of nitrogens with zero attached hydrogens (tertiary/aromatic N) is 3. The van der Waals surface area contributed by atoms with Crippen LogP contribution >= 0.6 is 23.2 Å². The van der Waals surface area contributed by atoms with E-state index in [0.717, 1.165) is 5.69 Å². The third kappa shape index (κ3) is 4.29. The fourth-order valence-corrected chi connectivity index (χ4v) is 4.82. The van der Waals surface area contributed by atoms with Crippen molar-refractivity contribution in [3.8, 4) is 5.69 Å². The highest BCUT2D eigenvalue weighted by atomic mass is 35.5. The molecule has 10 heteroatoms. The van der Waals surface area contributed by atoms with Gasteiger partial charge in [0, 0.05) is 30.2 Å². The van der Waals surface area contributed by atoms with E-state index in [1.807, 2.05) is 23.6 Å². The van der Waals surface area contributed by atoms with E-state index < -0.39 is 13.1 Å². The molecule has 5 rings (SSSR count). The number of esters is 1. The average Bonchev–Trinajstić information content (AvgIpc) is 3.16. The summed E-state index contributed by atoms with van der Waals surface area (Å²) in [7, 11) is -0.614. The number of fused-ring (bicyclic) bond motifs is 2. The van der Waals surface area contributed by atoms with E-state index in [0.29, 0.717) is 62.0 Å². The second-order valence-corrected chi connectivity index (χ2v) is 10.2. The number of imidazole rings is 1. The molecule has 2 aromatic carbocycles. The van der Waals surface area contributed by atoms with Crippen LogP contribution in [-0.2, 0) is 14.0 Å². The SMILES string of the molecule is CCOC(=O)c1cc(B2OCC(C)(C)CO2)cc2c1nc(C)n2-c1ccnc2c(Cl)ccc(Cl)c12. The molecule has 7 nitrogen and oxygen atoms in total. The molecule has 1 aliphatic heterocycles. The van der Waals surface area contributed by atoms with Gasteiger partial charge in [-0.05, 0) is 49.6 Å². The Morgan fingerprint density at radius 1 is 1.14 bits per heavy atom. The number of benzene rings is 2. The van der Waals surface area contributed by atoms with Crippen molar-refractivity contribution in [2.45, 2.75) is 27.7 Å². The molecule has 0 atom stereocenters. The van der Waals surface area contributed by atoms with E-state index in [2.05, 4.69) is 18.8 Å². The molecule has 1 aliphatic rings. The van der Waals surface area contributed by atoms with Crippen molar-refractivity contribution in [2.75, 3.05) is 19.8 Å². The molecule has 35 heavy (non-hydrogen) atoms. The van der Waals surface area contributed by atoms with Gasteiger partial charge >= 0.3 is 13.1 Å². The quantitative estimate of drug-likeness (QED) is 0.279. The highest BCUT2D eigenvalue weighted by molar-refractivity contribution is 6.62. The maximum atomic E-state index is 13.0. The first-order valence-electron chi connectivity index (χ1n) is 11.4. The lowest BCUT2D eigenvalue weighted by Gasteiger charge is -2.33. The zero-order valence-corrected chi connectivity index (χ0v) is 21.4. The average molecular weight is 512 g/mol. The van der Waals surface area contributed by atoms with Crippen molar-refractivity contribution in [2.24, 2.45) is 5.41 Å². The summed E-state index contributed by atoms with van der Waals surface area (Å²) in [5, 5.41) is 1.70. The van der Waals surface area contributed by atoms with Crippen LogP contribution in [0, 0.1) is 12.3 Å². The number of halogens is 2. The molecule has 2 aromatic heterocycles. The van der Waals surface area contributed by atoms with E-state index in [1.165, 1.54) is 0 Å². The lowest BCUT2D eigenvalue weighted by molar-refractivity contribution is 0.0343. The highest BCUT2D eigenvalue weighted by Gasteiger charge is 2.35. The number of aryl methyl sites for hydroxylation is 1. The second kappa shape index (κ2) is 9.10. The largest absolute Gasteiger partial charge is 0.494 e. The molecule has 0 spiro atoms. The third-order valence-corrected chi connectivity index (χ3v) is 6.60. The second-order valence-electron chi connectivity index (χ2n) is 9.35. The summed E-state index contributed by atoms with van der Waals surface area (Å²) in [5.41, 5.74) is 3.52. The van der Waals surface area contributed by atoms with Gasteiger partial charge in [0.25, 0.3) is 0 Å². The summed E-state index contributed by atoms with van der Waals surface area (Å²) in [6, 6.07) is 9.00. The summed E-state index contributed by atoms with van der Waals surface area (Å²) < 4.78 is 19.4. The van der Waals surface area contributed by atoms with Gasteiger partial charge in [0.05, 0.1) is 38.9 Å². The van der Waals surface area contributed by atoms with Crippen LogP contribution in [0.2, 0.25) is 10.0 Å². The Kier molecular flexibility index (Phi) is 6.26. The van der Waals surface area contributed by atoms with Gasteiger partial charge < -0.3 is 14.0 Å². The van der Waals surface area contributed by atoms with Gasteiger partial charge in [-0.1, -0.05) is 37.0 Å². The van der Waals surface area contributed by atoms with Gasteiger partial charge in [-0.2, -0.15) is 0 Å². The summed E-state index contributed by atoms with van der Waals surface area (Å²) >= 11 is 13.0. The van der Waals surface area contributed by atoms with Crippen molar-refractivity contribution >= 4 is 63.7 Å². The molecule has 0 bridgehead atoms. The maximum Gasteiger partial charge on any atom is 0.494 e. The molecular formula is C25H24BCl2N3O4. The van der Waals surface area contributed by atoms with Crippen molar-refractivity contribution < 1.29 is 18.8 Å². The summed E-state index contributed by atoms with van der Waals surface area (Å²) in [6.45, 7) is 9.12. The minimum atomic E-state index is -0.614. The van der Waals surface area contributed by atoms with Crippen LogP contribution in [0.25, 0.3) is 27.6 Å². The number of carbonyl (C=O) groups is 1. The molecule has 180 valence electrons. The topological polar surface area (TPSA) is 75.5 Å². The fourth-order valence-electron chi connectivity index (χ4n) is 4.37. The van der Waals surface area contributed by atoms with Gasteiger partial charge in [0.1, 0.15) is 11.3 Å². The molecule has 0 radical (unpaired) electrons. The molecule has 0 N–H and O–H groups in total. The van der Waals surface area contributed by atoms with E-state index >= 15 is 0 Å². The Balaban J connectivity index is 1.77. The Hall–Kier alpha value is -2.65. The van der Waals surface area contributed by atoms with E-state index in [-0.39, 0.29) is 12.0 Å². The number of ether oxygens (including phenoxy) is 1. The van der Waals surface area contributed by atoms with Gasteiger partial charge in [0.15, 0.2) is 0 Å². The maximum absolute atomic E-state index is 13.0. The molecule has 0 amide bonds. The van der Waals surface area contributed by atoms with Crippen LogP contribution in [0.3, 0.4) is 0 Å². The van der Waals surface area contributed by atoms with Crippen LogP contribution in [0.15, 0.2) is 36.5 Å². The van der Waals surface area contributed by atoms with Crippen LogP contribution in [0.4, 0.5) is 0 Å². The lowest BCUT2D eigenvalue weighted by Crippen LogP contribution is -2.47. The zero-order valence-electron chi connectivity index (χ0n) is 19.9. The fraction of sp³-hybridized carbons (Fsp3) is 0.320. The molecule has 1 fully saturated rings. The van der Waals surface area contributed by atoms with Crippen LogP contribution in [0.5, 0.6) is 0 Å². The van der Waals surface area contributed by atoms with Crippen LogP contribution in [0.1, 0.15) is 37.0 Å². The van der Waals surface area contributed by atoms with Crippen LogP contribution in [-0.4, -0.2) is 47.4 Å². The predicted octanol–water partition coefficient (Wildman–Crippen LogP) is 5.13. The molecule has 0 unspecified atom stereocenters. The Morgan fingerprint density at radius 2 is 1.86 bits per heavy atom. The van der Waals surface area contributed by atoms with Crippen molar-refractivity contribution in [1.82, 2.24) is 14.5 Å². The number of aromatic nitrogens is 3. The van der Waals surface area contributed by atoms with Crippen molar-refractivity contribution in [3.05, 3.63) is 58.0 Å². The Morgan fingerprint density at radius 3 is 2.57 bits per heavy atom. The summed E-state index contributed by atoms with van der Waals surface area (Å²) in [6.07, 6.45) is 1.68.